The molecule has 1 fully saturated rings. The zero-order valence-corrected chi connectivity index (χ0v) is 11.1. The highest BCUT2D eigenvalue weighted by Crippen LogP contribution is 2.31. The number of alkyl halides is 3. The third-order valence-electron chi connectivity index (χ3n) is 3.49. The molecule has 1 aromatic carbocycles. The average molecular weight is 288 g/mol. The minimum Gasteiger partial charge on any atom is -0.423 e. The summed E-state index contributed by atoms with van der Waals surface area (Å²) in [5, 5.41) is 18.1. The summed E-state index contributed by atoms with van der Waals surface area (Å²) in [6, 6.07) is 3.61. The van der Waals surface area contributed by atoms with Crippen LogP contribution in [0, 0.1) is 0 Å². The molecule has 20 heavy (non-hydrogen) atoms. The molecular formula is C12H16BF3N2O2. The van der Waals surface area contributed by atoms with E-state index in [-0.39, 0.29) is 0 Å². The lowest BCUT2D eigenvalue weighted by Crippen LogP contribution is -2.45. The van der Waals surface area contributed by atoms with E-state index in [4.69, 9.17) is 10.0 Å². The summed E-state index contributed by atoms with van der Waals surface area (Å²) < 4.78 is 38.9. The summed E-state index contributed by atoms with van der Waals surface area (Å²) in [5.74, 6) is 0. The van der Waals surface area contributed by atoms with Gasteiger partial charge >= 0.3 is 13.3 Å². The number of halogens is 3. The van der Waals surface area contributed by atoms with Crippen molar-refractivity contribution in [1.82, 2.24) is 4.90 Å². The second-order valence-corrected chi connectivity index (χ2v) is 4.93. The standard InChI is InChI=1S/C12H16BF3N2O2/c1-17-4-6-18(7-5-17)9-2-3-11(13(19)20)10(8-9)12(14,15)16/h2-3,8,19-20H,4-7H2,1H3. The number of hydrogen-bond acceptors (Lipinski definition) is 4. The van der Waals surface area contributed by atoms with Gasteiger partial charge in [0.1, 0.15) is 0 Å². The molecule has 0 amide bonds. The molecule has 1 aliphatic heterocycles. The van der Waals surface area contributed by atoms with Gasteiger partial charge in [0.2, 0.25) is 0 Å². The zero-order chi connectivity index (χ0) is 14.9. The van der Waals surface area contributed by atoms with Crippen LogP contribution in [0.1, 0.15) is 5.56 Å². The molecular weight excluding hydrogens is 272 g/mol. The Morgan fingerprint density at radius 3 is 2.20 bits per heavy atom. The fourth-order valence-electron chi connectivity index (χ4n) is 2.28. The Bertz CT molecular complexity index is 474. The second kappa shape index (κ2) is 5.63. The molecule has 0 bridgehead atoms. The normalized spacial score (nSPS) is 17.4. The molecule has 1 aromatic rings. The van der Waals surface area contributed by atoms with Gasteiger partial charge in [-0.2, -0.15) is 13.2 Å². The van der Waals surface area contributed by atoms with Crippen LogP contribution in [-0.2, 0) is 6.18 Å². The molecule has 110 valence electrons. The highest BCUT2D eigenvalue weighted by atomic mass is 19.4. The zero-order valence-electron chi connectivity index (χ0n) is 11.1. The van der Waals surface area contributed by atoms with E-state index in [0.717, 1.165) is 25.2 Å². The molecule has 4 nitrogen and oxygen atoms in total. The number of rotatable bonds is 2. The Labute approximate surface area is 115 Å². The SMILES string of the molecule is CN1CCN(c2ccc(B(O)O)c(C(F)(F)F)c2)CC1. The molecule has 1 heterocycles. The average Bonchev–Trinajstić information content (AvgIpc) is 2.38. The van der Waals surface area contributed by atoms with Gasteiger partial charge in [0.15, 0.2) is 0 Å². The Hall–Kier alpha value is -1.25. The first kappa shape index (κ1) is 15.1. The predicted molar refractivity (Wildman–Crippen MR) is 71.0 cm³/mol. The maximum atomic E-state index is 13.0. The minimum absolute atomic E-state index is 0.454. The van der Waals surface area contributed by atoms with Crippen LogP contribution >= 0.6 is 0 Å². The number of nitrogens with zero attached hydrogens (tertiary/aromatic N) is 2. The number of benzene rings is 1. The van der Waals surface area contributed by atoms with Crippen molar-refractivity contribution in [3.05, 3.63) is 23.8 Å². The number of hydrogen-bond donors (Lipinski definition) is 2. The Balaban J connectivity index is 2.32. The largest absolute Gasteiger partial charge is 0.489 e. The van der Waals surface area contributed by atoms with Gasteiger partial charge in [-0.1, -0.05) is 6.07 Å². The van der Waals surface area contributed by atoms with Crippen LogP contribution in [-0.4, -0.2) is 55.3 Å². The molecule has 8 heteroatoms. The Morgan fingerprint density at radius 1 is 1.10 bits per heavy atom. The van der Waals surface area contributed by atoms with Gasteiger partial charge in [-0.15, -0.1) is 0 Å². The summed E-state index contributed by atoms with van der Waals surface area (Å²) in [7, 11) is -0.169. The van der Waals surface area contributed by atoms with Crippen LogP contribution in [0.2, 0.25) is 0 Å². The quantitative estimate of drug-likeness (QED) is 0.760. The van der Waals surface area contributed by atoms with Gasteiger partial charge in [0.05, 0.1) is 5.56 Å². The van der Waals surface area contributed by atoms with E-state index in [1.807, 2.05) is 11.9 Å². The van der Waals surface area contributed by atoms with Crippen molar-refractivity contribution in [3.8, 4) is 0 Å². The van der Waals surface area contributed by atoms with Gasteiger partial charge < -0.3 is 19.8 Å². The van der Waals surface area contributed by atoms with Crippen LogP contribution in [0.4, 0.5) is 18.9 Å². The molecule has 1 aliphatic rings. The van der Waals surface area contributed by atoms with Crippen LogP contribution < -0.4 is 10.4 Å². The monoisotopic (exact) mass is 288 g/mol. The van der Waals surface area contributed by atoms with Crippen molar-refractivity contribution in [2.75, 3.05) is 38.1 Å². The molecule has 0 unspecified atom stereocenters. The van der Waals surface area contributed by atoms with Gasteiger partial charge in [0.25, 0.3) is 0 Å². The van der Waals surface area contributed by atoms with E-state index < -0.39 is 24.3 Å². The Morgan fingerprint density at radius 2 is 1.70 bits per heavy atom. The topological polar surface area (TPSA) is 46.9 Å². The van der Waals surface area contributed by atoms with Gasteiger partial charge in [-0.3, -0.25) is 0 Å². The lowest BCUT2D eigenvalue weighted by atomic mass is 9.76. The Kier molecular flexibility index (Phi) is 4.26. The first-order valence-electron chi connectivity index (χ1n) is 6.30. The fraction of sp³-hybridized carbons (Fsp3) is 0.500. The first-order chi connectivity index (χ1) is 9.29. The maximum absolute atomic E-state index is 13.0. The molecule has 0 spiro atoms. The van der Waals surface area contributed by atoms with Crippen LogP contribution in [0.3, 0.4) is 0 Å². The fourth-order valence-corrected chi connectivity index (χ4v) is 2.28. The lowest BCUT2D eigenvalue weighted by molar-refractivity contribution is -0.136. The summed E-state index contributed by atoms with van der Waals surface area (Å²) >= 11 is 0. The molecule has 0 aliphatic carbocycles. The van der Waals surface area contributed by atoms with Crippen molar-refractivity contribution in [2.45, 2.75) is 6.18 Å². The molecule has 0 radical (unpaired) electrons. The maximum Gasteiger partial charge on any atom is 0.489 e. The smallest absolute Gasteiger partial charge is 0.423 e. The van der Waals surface area contributed by atoms with Gasteiger partial charge in [-0.25, -0.2) is 0 Å². The molecule has 0 aromatic heterocycles. The first-order valence-corrected chi connectivity index (χ1v) is 6.30. The highest BCUT2D eigenvalue weighted by molar-refractivity contribution is 6.59. The number of likely N-dealkylation sites (N-methyl/N-ethyl adjacent to an activating group) is 1. The van der Waals surface area contributed by atoms with Gasteiger partial charge in [-0.05, 0) is 24.6 Å². The molecule has 1 saturated heterocycles. The number of anilines is 1. The highest BCUT2D eigenvalue weighted by Gasteiger charge is 2.36. The van der Waals surface area contributed by atoms with E-state index in [9.17, 15) is 13.2 Å². The van der Waals surface area contributed by atoms with E-state index in [0.29, 0.717) is 18.8 Å². The summed E-state index contributed by atoms with van der Waals surface area (Å²) in [5.41, 5.74) is -1.06. The van der Waals surface area contributed by atoms with Crippen LogP contribution in [0.25, 0.3) is 0 Å². The summed E-state index contributed by atoms with van der Waals surface area (Å²) in [6.07, 6.45) is -4.61. The second-order valence-electron chi connectivity index (χ2n) is 4.93. The summed E-state index contributed by atoms with van der Waals surface area (Å²) in [4.78, 5) is 3.97. The van der Waals surface area contributed by atoms with Crippen LogP contribution in [0.15, 0.2) is 18.2 Å². The lowest BCUT2D eigenvalue weighted by Gasteiger charge is -2.34. The van der Waals surface area contributed by atoms with E-state index in [1.54, 1.807) is 0 Å². The van der Waals surface area contributed by atoms with Crippen molar-refractivity contribution >= 4 is 18.3 Å². The van der Waals surface area contributed by atoms with Gasteiger partial charge in [0, 0.05) is 31.9 Å². The van der Waals surface area contributed by atoms with Crippen molar-refractivity contribution in [2.24, 2.45) is 0 Å². The van der Waals surface area contributed by atoms with Crippen LogP contribution in [0.5, 0.6) is 0 Å². The molecule has 2 N–H and O–H groups in total. The van der Waals surface area contributed by atoms with E-state index in [1.165, 1.54) is 6.07 Å². The van der Waals surface area contributed by atoms with Crippen molar-refractivity contribution in [1.29, 1.82) is 0 Å². The molecule has 0 saturated carbocycles. The van der Waals surface area contributed by atoms with E-state index >= 15 is 0 Å². The molecule has 2 rings (SSSR count). The van der Waals surface area contributed by atoms with Crippen molar-refractivity contribution in [3.63, 3.8) is 0 Å². The summed E-state index contributed by atoms with van der Waals surface area (Å²) in [6.45, 7) is 2.86. The minimum atomic E-state index is -4.61. The van der Waals surface area contributed by atoms with E-state index in [2.05, 4.69) is 4.90 Å². The third-order valence-corrected chi connectivity index (χ3v) is 3.49. The number of piperazine rings is 1. The molecule has 0 atom stereocenters. The predicted octanol–water partition coefficient (Wildman–Crippen LogP) is 0.137. The third kappa shape index (κ3) is 3.25. The van der Waals surface area contributed by atoms with Crippen molar-refractivity contribution < 1.29 is 23.2 Å².